The first kappa shape index (κ1) is 12.8. The van der Waals surface area contributed by atoms with Crippen molar-refractivity contribution < 1.29 is 9.47 Å². The maximum Gasteiger partial charge on any atom is 0.165 e. The molecule has 0 aliphatic heterocycles. The molecule has 3 nitrogen and oxygen atoms in total. The summed E-state index contributed by atoms with van der Waals surface area (Å²) in [7, 11) is 3.33. The molecule has 0 aromatic heterocycles. The maximum absolute atomic E-state index is 5.37. The van der Waals surface area contributed by atoms with Crippen molar-refractivity contribution in [2.75, 3.05) is 14.2 Å². The summed E-state index contributed by atoms with van der Waals surface area (Å²) in [6, 6.07) is 6.45. The highest BCUT2D eigenvalue weighted by molar-refractivity contribution is 5.46. The predicted molar refractivity (Wildman–Crippen MR) is 66.1 cm³/mol. The number of hydrogen-bond acceptors (Lipinski definition) is 3. The number of nitrogens with one attached hydrogen (secondary N) is 1. The third kappa shape index (κ3) is 3.14. The van der Waals surface area contributed by atoms with Gasteiger partial charge >= 0.3 is 0 Å². The van der Waals surface area contributed by atoms with E-state index in [0.717, 1.165) is 30.0 Å². The second-order valence-electron chi connectivity index (χ2n) is 3.84. The number of ether oxygens (including phenoxy) is 2. The lowest BCUT2D eigenvalue weighted by atomic mass is 10.1. The standard InChI is InChI=1S/C13H21NO2/c1-5-10(2)14-9-11-7-6-8-12(15-3)13(11)16-4/h6-8,10,14H,5,9H2,1-4H3/t10-/m0/s1. The number of methoxy groups -OCH3 is 2. The van der Waals surface area contributed by atoms with Crippen LogP contribution in [0.2, 0.25) is 0 Å². The van der Waals surface area contributed by atoms with Gasteiger partial charge in [-0.1, -0.05) is 19.1 Å². The van der Waals surface area contributed by atoms with Crippen molar-refractivity contribution in [2.24, 2.45) is 0 Å². The van der Waals surface area contributed by atoms with Crippen molar-refractivity contribution in [2.45, 2.75) is 32.9 Å². The predicted octanol–water partition coefficient (Wildman–Crippen LogP) is 2.59. The first-order valence-corrected chi connectivity index (χ1v) is 5.66. The third-order valence-electron chi connectivity index (χ3n) is 2.74. The van der Waals surface area contributed by atoms with Crippen LogP contribution < -0.4 is 14.8 Å². The van der Waals surface area contributed by atoms with Gasteiger partial charge < -0.3 is 14.8 Å². The molecule has 0 fully saturated rings. The minimum Gasteiger partial charge on any atom is -0.493 e. The van der Waals surface area contributed by atoms with Gasteiger partial charge in [0, 0.05) is 18.2 Å². The van der Waals surface area contributed by atoms with Gasteiger partial charge in [0.1, 0.15) is 0 Å². The summed E-state index contributed by atoms with van der Waals surface area (Å²) in [6.07, 6.45) is 1.12. The minimum atomic E-state index is 0.510. The molecule has 0 amide bonds. The van der Waals surface area contributed by atoms with Gasteiger partial charge in [0.25, 0.3) is 0 Å². The van der Waals surface area contributed by atoms with Crippen LogP contribution in [-0.2, 0) is 6.54 Å². The van der Waals surface area contributed by atoms with Crippen molar-refractivity contribution in [1.29, 1.82) is 0 Å². The number of rotatable bonds is 6. The van der Waals surface area contributed by atoms with E-state index in [9.17, 15) is 0 Å². The molecule has 0 bridgehead atoms. The molecule has 0 heterocycles. The Morgan fingerprint density at radius 3 is 2.56 bits per heavy atom. The zero-order valence-corrected chi connectivity index (χ0v) is 10.5. The molecule has 0 saturated heterocycles. The summed E-state index contributed by atoms with van der Waals surface area (Å²) in [5.74, 6) is 1.60. The van der Waals surface area contributed by atoms with Crippen LogP contribution in [0.4, 0.5) is 0 Å². The first-order chi connectivity index (χ1) is 7.72. The fourth-order valence-corrected chi connectivity index (χ4v) is 1.52. The fraction of sp³-hybridized carbons (Fsp3) is 0.538. The van der Waals surface area contributed by atoms with Gasteiger partial charge in [-0.25, -0.2) is 0 Å². The van der Waals surface area contributed by atoms with Gasteiger partial charge in [0.2, 0.25) is 0 Å². The third-order valence-corrected chi connectivity index (χ3v) is 2.74. The summed E-state index contributed by atoms with van der Waals surface area (Å²) < 4.78 is 10.6. The first-order valence-electron chi connectivity index (χ1n) is 5.66. The van der Waals surface area contributed by atoms with E-state index in [1.807, 2.05) is 12.1 Å². The van der Waals surface area contributed by atoms with E-state index in [1.165, 1.54) is 0 Å². The Morgan fingerprint density at radius 2 is 2.00 bits per heavy atom. The normalized spacial score (nSPS) is 12.2. The van der Waals surface area contributed by atoms with E-state index in [4.69, 9.17) is 9.47 Å². The Balaban J connectivity index is 2.78. The Kier molecular flexibility index (Phi) is 5.12. The molecule has 1 N–H and O–H groups in total. The highest BCUT2D eigenvalue weighted by Crippen LogP contribution is 2.30. The summed E-state index contributed by atoms with van der Waals surface area (Å²) in [6.45, 7) is 5.14. The average Bonchev–Trinajstić information content (AvgIpc) is 2.34. The highest BCUT2D eigenvalue weighted by Gasteiger charge is 2.09. The highest BCUT2D eigenvalue weighted by atomic mass is 16.5. The van der Waals surface area contributed by atoms with Crippen LogP contribution >= 0.6 is 0 Å². The topological polar surface area (TPSA) is 30.5 Å². The lowest BCUT2D eigenvalue weighted by Gasteiger charge is -2.15. The molecule has 1 aromatic carbocycles. The van der Waals surface area contributed by atoms with Crippen LogP contribution in [0, 0.1) is 0 Å². The van der Waals surface area contributed by atoms with Crippen molar-refractivity contribution in [3.8, 4) is 11.5 Å². The second-order valence-corrected chi connectivity index (χ2v) is 3.84. The quantitative estimate of drug-likeness (QED) is 0.804. The van der Waals surface area contributed by atoms with E-state index >= 15 is 0 Å². The molecule has 0 aliphatic carbocycles. The molecule has 0 spiro atoms. The van der Waals surface area contributed by atoms with Gasteiger partial charge in [-0.3, -0.25) is 0 Å². The molecule has 0 unspecified atom stereocenters. The molecule has 1 aromatic rings. The maximum atomic E-state index is 5.37. The Bertz CT molecular complexity index is 326. The molecule has 1 atom stereocenters. The van der Waals surface area contributed by atoms with E-state index < -0.39 is 0 Å². The number of para-hydroxylation sites is 1. The van der Waals surface area contributed by atoms with E-state index in [0.29, 0.717) is 6.04 Å². The van der Waals surface area contributed by atoms with Crippen LogP contribution in [0.25, 0.3) is 0 Å². The Morgan fingerprint density at radius 1 is 1.25 bits per heavy atom. The van der Waals surface area contributed by atoms with E-state index in [2.05, 4.69) is 25.2 Å². The zero-order chi connectivity index (χ0) is 12.0. The lowest BCUT2D eigenvalue weighted by molar-refractivity contribution is 0.350. The lowest BCUT2D eigenvalue weighted by Crippen LogP contribution is -2.24. The molecular weight excluding hydrogens is 202 g/mol. The molecule has 0 saturated carbocycles. The van der Waals surface area contributed by atoms with Crippen LogP contribution in [0.5, 0.6) is 11.5 Å². The van der Waals surface area contributed by atoms with Gasteiger partial charge in [0.05, 0.1) is 14.2 Å². The van der Waals surface area contributed by atoms with Gasteiger partial charge in [-0.15, -0.1) is 0 Å². The molecule has 16 heavy (non-hydrogen) atoms. The minimum absolute atomic E-state index is 0.510. The monoisotopic (exact) mass is 223 g/mol. The SMILES string of the molecule is CC[C@H](C)NCc1cccc(OC)c1OC. The van der Waals surface area contributed by atoms with Crippen LogP contribution in [0.15, 0.2) is 18.2 Å². The van der Waals surface area contributed by atoms with Gasteiger partial charge in [-0.2, -0.15) is 0 Å². The van der Waals surface area contributed by atoms with Crippen molar-refractivity contribution in [1.82, 2.24) is 5.32 Å². The van der Waals surface area contributed by atoms with Crippen LogP contribution in [0.1, 0.15) is 25.8 Å². The molecule has 3 heteroatoms. The largest absolute Gasteiger partial charge is 0.493 e. The smallest absolute Gasteiger partial charge is 0.165 e. The zero-order valence-electron chi connectivity index (χ0n) is 10.5. The van der Waals surface area contributed by atoms with E-state index in [-0.39, 0.29) is 0 Å². The van der Waals surface area contributed by atoms with Gasteiger partial charge in [-0.05, 0) is 19.4 Å². The molecule has 0 aliphatic rings. The Hall–Kier alpha value is -1.22. The van der Waals surface area contributed by atoms with Crippen molar-refractivity contribution >= 4 is 0 Å². The number of benzene rings is 1. The van der Waals surface area contributed by atoms with E-state index in [1.54, 1.807) is 14.2 Å². The average molecular weight is 223 g/mol. The summed E-state index contributed by atoms with van der Waals surface area (Å²) >= 11 is 0. The van der Waals surface area contributed by atoms with Crippen LogP contribution in [0.3, 0.4) is 0 Å². The Labute approximate surface area is 97.8 Å². The summed E-state index contributed by atoms with van der Waals surface area (Å²) in [5, 5.41) is 3.44. The van der Waals surface area contributed by atoms with Gasteiger partial charge in [0.15, 0.2) is 11.5 Å². The summed E-state index contributed by atoms with van der Waals surface area (Å²) in [5.41, 5.74) is 1.13. The fourth-order valence-electron chi connectivity index (χ4n) is 1.52. The van der Waals surface area contributed by atoms with Crippen molar-refractivity contribution in [3.63, 3.8) is 0 Å². The number of hydrogen-bond donors (Lipinski definition) is 1. The summed E-state index contributed by atoms with van der Waals surface area (Å²) in [4.78, 5) is 0. The van der Waals surface area contributed by atoms with Crippen LogP contribution in [-0.4, -0.2) is 20.3 Å². The molecule has 90 valence electrons. The molecular formula is C13H21NO2. The molecule has 0 radical (unpaired) electrons. The second kappa shape index (κ2) is 6.38. The molecule has 1 rings (SSSR count). The van der Waals surface area contributed by atoms with Crippen molar-refractivity contribution in [3.05, 3.63) is 23.8 Å².